The second-order valence-corrected chi connectivity index (χ2v) is 10.3. The van der Waals surface area contributed by atoms with Crippen LogP contribution in [0.2, 0.25) is 0 Å². The molecule has 0 radical (unpaired) electrons. The number of nitrogens with zero attached hydrogens (tertiary/aromatic N) is 2. The minimum Gasteiger partial charge on any atom is -0.493 e. The van der Waals surface area contributed by atoms with Gasteiger partial charge in [-0.15, -0.1) is 0 Å². The molecule has 0 unspecified atom stereocenters. The molecule has 0 fully saturated rings. The van der Waals surface area contributed by atoms with Gasteiger partial charge in [-0.2, -0.15) is 4.98 Å². The summed E-state index contributed by atoms with van der Waals surface area (Å²) >= 11 is 0. The number of benzene rings is 2. The Balaban J connectivity index is 1.83. The Labute approximate surface area is 205 Å². The van der Waals surface area contributed by atoms with Gasteiger partial charge in [-0.3, -0.25) is 4.79 Å². The standard InChI is InChI=1S/C25H28N4O5S/c1-4-33-22-11-6-5-10-20(22)21-14-23-28-25(27-21)29-35(31,32)19-9-7-8-17(13-19)24(30)26-18(15-34-23)12-16(2)3/h5-11,13-14,16,18H,4,12,15H2,1-3H3,(H,26,30)(H,27,28,29)/t18-/m1/s1. The number of hydrogen-bond acceptors (Lipinski definition) is 7. The zero-order valence-electron chi connectivity index (χ0n) is 19.8. The van der Waals surface area contributed by atoms with Crippen LogP contribution in [0.4, 0.5) is 5.95 Å². The fraction of sp³-hybridized carbons (Fsp3) is 0.320. The topological polar surface area (TPSA) is 120 Å². The first kappa shape index (κ1) is 24.5. The Morgan fingerprint density at radius 2 is 1.91 bits per heavy atom. The monoisotopic (exact) mass is 496 g/mol. The molecule has 0 saturated heterocycles. The molecule has 4 bridgehead atoms. The van der Waals surface area contributed by atoms with Crippen LogP contribution in [-0.2, 0) is 10.0 Å². The second kappa shape index (κ2) is 10.3. The summed E-state index contributed by atoms with van der Waals surface area (Å²) in [7, 11) is -4.08. The summed E-state index contributed by atoms with van der Waals surface area (Å²) in [5.41, 5.74) is 1.34. The molecule has 1 atom stereocenters. The van der Waals surface area contributed by atoms with E-state index in [1.54, 1.807) is 12.1 Å². The number of rotatable bonds is 5. The van der Waals surface area contributed by atoms with E-state index >= 15 is 0 Å². The van der Waals surface area contributed by atoms with Gasteiger partial charge in [-0.05, 0) is 49.6 Å². The first-order valence-electron chi connectivity index (χ1n) is 11.4. The van der Waals surface area contributed by atoms with Gasteiger partial charge in [0, 0.05) is 17.2 Å². The maximum absolute atomic E-state index is 13.1. The van der Waals surface area contributed by atoms with Crippen LogP contribution in [0.1, 0.15) is 37.6 Å². The van der Waals surface area contributed by atoms with Crippen LogP contribution in [-0.4, -0.2) is 43.5 Å². The van der Waals surface area contributed by atoms with E-state index in [0.717, 1.165) is 0 Å². The van der Waals surface area contributed by atoms with E-state index in [0.29, 0.717) is 36.0 Å². The van der Waals surface area contributed by atoms with Crippen molar-refractivity contribution in [1.29, 1.82) is 0 Å². The van der Waals surface area contributed by atoms with Gasteiger partial charge in [0.25, 0.3) is 15.9 Å². The molecule has 2 N–H and O–H groups in total. The van der Waals surface area contributed by atoms with Crippen molar-refractivity contribution in [3.63, 3.8) is 0 Å². The Kier molecular flexibility index (Phi) is 7.20. The summed E-state index contributed by atoms with van der Waals surface area (Å²) in [6.07, 6.45) is 0.667. The third kappa shape index (κ3) is 5.89. The largest absolute Gasteiger partial charge is 0.493 e. The lowest BCUT2D eigenvalue weighted by molar-refractivity contribution is 0.0913. The molecule has 1 aliphatic rings. The van der Waals surface area contributed by atoms with Crippen LogP contribution in [0, 0.1) is 5.92 Å². The molecule has 184 valence electrons. The van der Waals surface area contributed by atoms with E-state index in [1.807, 2.05) is 31.2 Å². The third-order valence-electron chi connectivity index (χ3n) is 5.32. The summed E-state index contributed by atoms with van der Waals surface area (Å²) in [5, 5.41) is 2.96. The number of aromatic nitrogens is 2. The first-order chi connectivity index (χ1) is 16.7. The minimum atomic E-state index is -4.08. The van der Waals surface area contributed by atoms with E-state index < -0.39 is 10.0 Å². The van der Waals surface area contributed by atoms with Crippen molar-refractivity contribution in [3.8, 4) is 22.9 Å². The van der Waals surface area contributed by atoms with Crippen molar-refractivity contribution < 1.29 is 22.7 Å². The number of nitrogens with one attached hydrogen (secondary N) is 2. The van der Waals surface area contributed by atoms with Crippen LogP contribution in [0.3, 0.4) is 0 Å². The van der Waals surface area contributed by atoms with Gasteiger partial charge in [0.05, 0.1) is 23.2 Å². The molecule has 2 heterocycles. The van der Waals surface area contributed by atoms with Crippen LogP contribution < -0.4 is 19.5 Å². The van der Waals surface area contributed by atoms with Gasteiger partial charge in [0.15, 0.2) is 0 Å². The highest BCUT2D eigenvalue weighted by Crippen LogP contribution is 2.31. The summed E-state index contributed by atoms with van der Waals surface area (Å²) in [5.74, 6) is 0.548. The van der Waals surface area contributed by atoms with Crippen molar-refractivity contribution in [2.75, 3.05) is 17.9 Å². The average molecular weight is 497 g/mol. The second-order valence-electron chi connectivity index (χ2n) is 8.59. The fourth-order valence-electron chi connectivity index (χ4n) is 3.82. The van der Waals surface area contributed by atoms with Crippen LogP contribution >= 0.6 is 0 Å². The fourth-order valence-corrected chi connectivity index (χ4v) is 4.81. The Bertz CT molecular complexity index is 1330. The third-order valence-corrected chi connectivity index (χ3v) is 6.65. The molecule has 3 aromatic rings. The number of amides is 1. The van der Waals surface area contributed by atoms with Crippen molar-refractivity contribution in [2.45, 2.75) is 38.1 Å². The number of ether oxygens (including phenoxy) is 2. The number of para-hydroxylation sites is 1. The molecule has 1 aromatic heterocycles. The van der Waals surface area contributed by atoms with Gasteiger partial charge < -0.3 is 14.8 Å². The van der Waals surface area contributed by atoms with Gasteiger partial charge >= 0.3 is 0 Å². The first-order valence-corrected chi connectivity index (χ1v) is 12.9. The van der Waals surface area contributed by atoms with Gasteiger partial charge in [0.2, 0.25) is 11.8 Å². The highest BCUT2D eigenvalue weighted by molar-refractivity contribution is 7.92. The van der Waals surface area contributed by atoms with E-state index in [-0.39, 0.29) is 40.8 Å². The normalized spacial score (nSPS) is 17.1. The molecule has 2 aromatic carbocycles. The maximum Gasteiger partial charge on any atom is 0.264 e. The molecular formula is C25H28N4O5S. The molecular weight excluding hydrogens is 468 g/mol. The lowest BCUT2D eigenvalue weighted by atomic mass is 10.0. The Hall–Kier alpha value is -3.66. The molecule has 0 saturated carbocycles. The zero-order valence-corrected chi connectivity index (χ0v) is 20.6. The number of anilines is 1. The SMILES string of the molecule is CCOc1ccccc1-c1cc2nc(n1)NS(=O)(=O)c1cccc(c1)C(=O)N[C@H](CC(C)C)CO2. The van der Waals surface area contributed by atoms with Crippen molar-refractivity contribution in [3.05, 3.63) is 60.2 Å². The Morgan fingerprint density at radius 3 is 2.69 bits per heavy atom. The molecule has 10 heteroatoms. The van der Waals surface area contributed by atoms with Crippen LogP contribution in [0.5, 0.6) is 11.6 Å². The molecule has 0 aliphatic carbocycles. The summed E-state index contributed by atoms with van der Waals surface area (Å²) in [4.78, 5) is 21.5. The molecule has 1 amide bonds. The van der Waals surface area contributed by atoms with Crippen molar-refractivity contribution in [1.82, 2.24) is 15.3 Å². The van der Waals surface area contributed by atoms with Crippen LogP contribution in [0.15, 0.2) is 59.5 Å². The van der Waals surface area contributed by atoms with Crippen LogP contribution in [0.25, 0.3) is 11.3 Å². The summed E-state index contributed by atoms with van der Waals surface area (Å²) < 4.78 is 40.4. The Morgan fingerprint density at radius 1 is 1.11 bits per heavy atom. The molecule has 35 heavy (non-hydrogen) atoms. The minimum absolute atomic E-state index is 0.0732. The summed E-state index contributed by atoms with van der Waals surface area (Å²) in [6, 6.07) is 14.5. The smallest absolute Gasteiger partial charge is 0.264 e. The average Bonchev–Trinajstić information content (AvgIpc) is 2.82. The van der Waals surface area contributed by atoms with E-state index in [9.17, 15) is 13.2 Å². The van der Waals surface area contributed by atoms with E-state index in [4.69, 9.17) is 9.47 Å². The van der Waals surface area contributed by atoms with Crippen molar-refractivity contribution in [2.24, 2.45) is 5.92 Å². The number of sulfonamides is 1. The summed E-state index contributed by atoms with van der Waals surface area (Å²) in [6.45, 7) is 6.59. The zero-order chi connectivity index (χ0) is 25.0. The predicted octanol–water partition coefficient (Wildman–Crippen LogP) is 3.88. The number of carbonyl (C=O) groups excluding carboxylic acids is 1. The van der Waals surface area contributed by atoms with Gasteiger partial charge in [-0.1, -0.05) is 32.0 Å². The predicted molar refractivity (Wildman–Crippen MR) is 132 cm³/mol. The highest BCUT2D eigenvalue weighted by atomic mass is 32.2. The highest BCUT2D eigenvalue weighted by Gasteiger charge is 2.23. The molecule has 9 nitrogen and oxygen atoms in total. The number of fused-ring (bicyclic) bond motifs is 4. The van der Waals surface area contributed by atoms with Gasteiger partial charge in [0.1, 0.15) is 12.4 Å². The number of hydrogen-bond donors (Lipinski definition) is 2. The van der Waals surface area contributed by atoms with E-state index in [2.05, 4.69) is 33.9 Å². The maximum atomic E-state index is 13.1. The lowest BCUT2D eigenvalue weighted by Crippen LogP contribution is -2.40. The van der Waals surface area contributed by atoms with E-state index in [1.165, 1.54) is 18.2 Å². The quantitative estimate of drug-likeness (QED) is 0.550. The lowest BCUT2D eigenvalue weighted by Gasteiger charge is -2.21. The van der Waals surface area contributed by atoms with Crippen molar-refractivity contribution >= 4 is 21.9 Å². The molecule has 4 rings (SSSR count). The molecule has 0 spiro atoms. The molecule has 1 aliphatic heterocycles. The van der Waals surface area contributed by atoms with Gasteiger partial charge in [-0.25, -0.2) is 18.1 Å². The number of carbonyl (C=O) groups is 1.